The molecule has 1 N–H and O–H groups in total. The summed E-state index contributed by atoms with van der Waals surface area (Å²) in [6.45, 7) is 16.6. The zero-order valence-electron chi connectivity index (χ0n) is 49.8. The number of amides is 2. The molecule has 6 aromatic heterocycles. The topological polar surface area (TPSA) is 197 Å². The summed E-state index contributed by atoms with van der Waals surface area (Å²) in [6, 6.07) is 10.8. The van der Waals surface area contributed by atoms with E-state index in [4.69, 9.17) is 21.1 Å². The van der Waals surface area contributed by atoms with Crippen LogP contribution in [0.2, 0.25) is 5.15 Å². The van der Waals surface area contributed by atoms with Crippen molar-refractivity contribution >= 4 is 80.7 Å². The van der Waals surface area contributed by atoms with E-state index in [0.29, 0.717) is 69.7 Å². The second-order valence-corrected chi connectivity index (χ2v) is 27.0. The van der Waals surface area contributed by atoms with Gasteiger partial charge in [-0.25, -0.2) is 23.8 Å². The number of hydrogen-bond donors (Lipinski definition) is 1. The standard InChI is InChI=1S/C31H38N4O4S.C26H37NO4S.C6H4ClN3.Na/c1-20-5-7-21(8-6-20)29(36)35(25-19-24(15-16-31(2,3)4)40-28(25)30(37)38)22-9-11-23(12-10-22)39-27-14-13-26-32-17-18-34(26)33-27;1-17-6-8-18(9-7-17)24(29)27(19-10-12-20(28)13-11-19)22-16-21(14-15-26(2,3)4)32-23(22)25(30)31-5;7-5-1-2-6-8-3-4-10(6)9-5;/h13-14,17-23H,5-12H2,1-4H3,(H,37,38);16-20,28H,6-13H2,1-5H3;1-4H;/q;;;+1/p-1. The molecule has 0 atom stereocenters. The molecule has 4 aliphatic rings. The number of carbonyl (C=O) groups excluding carboxylic acids is 4. The molecule has 20 heteroatoms. The van der Waals surface area contributed by atoms with Gasteiger partial charge in [-0.15, -0.1) is 27.8 Å². The predicted octanol–water partition coefficient (Wildman–Crippen LogP) is 8.88. The van der Waals surface area contributed by atoms with E-state index in [9.17, 15) is 29.4 Å². The fraction of sp³-hybridized carbons (Fsp3) is 0.556. The third-order valence-corrected chi connectivity index (χ3v) is 17.8. The largest absolute Gasteiger partial charge is 1.00 e. The second-order valence-electron chi connectivity index (χ2n) is 24.6. The van der Waals surface area contributed by atoms with Gasteiger partial charge in [0, 0.05) is 65.6 Å². The number of methoxy groups -OCH3 is 1. The summed E-state index contributed by atoms with van der Waals surface area (Å²) in [5.41, 5.74) is 2.24. The number of thiophene rings is 2. The summed E-state index contributed by atoms with van der Waals surface area (Å²) in [4.78, 5) is 66.7. The van der Waals surface area contributed by atoms with Gasteiger partial charge in [-0.2, -0.15) is 5.10 Å². The number of carboxylic acids is 1. The summed E-state index contributed by atoms with van der Waals surface area (Å²) in [5.74, 6) is 12.9. The number of aromatic nitrogens is 6. The van der Waals surface area contributed by atoms with E-state index in [0.717, 1.165) is 105 Å². The number of esters is 1. The van der Waals surface area contributed by atoms with Gasteiger partial charge in [0.25, 0.3) is 0 Å². The van der Waals surface area contributed by atoms with Gasteiger partial charge in [0.15, 0.2) is 11.3 Å². The number of hydrogen-bond acceptors (Lipinski definition) is 14. The molecule has 6 heterocycles. The number of halogens is 1. The van der Waals surface area contributed by atoms with Gasteiger partial charge in [0.1, 0.15) is 16.1 Å². The maximum Gasteiger partial charge on any atom is 1.00 e. The van der Waals surface area contributed by atoms with E-state index >= 15 is 0 Å². The third-order valence-electron chi connectivity index (χ3n) is 15.6. The molecule has 0 aromatic carbocycles. The molecule has 438 valence electrons. The first-order chi connectivity index (χ1) is 39.0. The Labute approximate surface area is 523 Å². The van der Waals surface area contributed by atoms with Crippen molar-refractivity contribution in [2.75, 3.05) is 16.9 Å². The van der Waals surface area contributed by atoms with Crippen molar-refractivity contribution in [3.05, 3.63) is 85.8 Å². The van der Waals surface area contributed by atoms with Crippen molar-refractivity contribution < 1.29 is 68.4 Å². The van der Waals surface area contributed by atoms with Crippen molar-refractivity contribution in [3.8, 4) is 29.6 Å². The van der Waals surface area contributed by atoms with Gasteiger partial charge in [-0.05, 0) is 186 Å². The minimum absolute atomic E-state index is 0. The number of carbonyl (C=O) groups is 4. The smallest absolute Gasteiger partial charge is 0.544 e. The van der Waals surface area contributed by atoms with Gasteiger partial charge in [-0.1, -0.05) is 49.1 Å². The quantitative estimate of drug-likeness (QED) is 0.0778. The fourth-order valence-corrected chi connectivity index (χ4v) is 13.0. The van der Waals surface area contributed by atoms with Crippen LogP contribution < -0.4 is 49.2 Å². The number of aliphatic hydroxyl groups is 1. The van der Waals surface area contributed by atoms with Gasteiger partial charge >= 0.3 is 35.5 Å². The van der Waals surface area contributed by atoms with Crippen molar-refractivity contribution in [3.63, 3.8) is 0 Å². The summed E-state index contributed by atoms with van der Waals surface area (Å²) < 4.78 is 14.6. The monoisotopic (exact) mass is 1200 g/mol. The van der Waals surface area contributed by atoms with E-state index in [-0.39, 0.29) is 93.2 Å². The summed E-state index contributed by atoms with van der Waals surface area (Å²) in [5, 5.41) is 31.2. The summed E-state index contributed by atoms with van der Waals surface area (Å²) >= 11 is 8.01. The molecule has 83 heavy (non-hydrogen) atoms. The number of aromatic carboxylic acids is 1. The molecule has 4 fully saturated rings. The molecule has 0 saturated heterocycles. The second kappa shape index (κ2) is 29.2. The molecule has 6 aromatic rings. The van der Waals surface area contributed by atoms with Crippen molar-refractivity contribution in [2.45, 2.75) is 182 Å². The molecule has 0 bridgehead atoms. The van der Waals surface area contributed by atoms with Crippen molar-refractivity contribution in [1.82, 2.24) is 29.2 Å². The van der Waals surface area contributed by atoms with Crippen LogP contribution in [0.4, 0.5) is 11.4 Å². The zero-order valence-corrected chi connectivity index (χ0v) is 54.2. The Balaban J connectivity index is 0.000000205. The number of fused-ring (bicyclic) bond motifs is 2. The van der Waals surface area contributed by atoms with E-state index in [1.165, 1.54) is 18.4 Å². The molecular weight excluding hydrogens is 1120 g/mol. The molecule has 0 radical (unpaired) electrons. The first kappa shape index (κ1) is 65.2. The Morgan fingerprint density at radius 1 is 0.651 bits per heavy atom. The molecule has 0 aliphatic heterocycles. The van der Waals surface area contributed by atoms with E-state index in [2.05, 4.69) is 57.7 Å². The number of imidazole rings is 2. The number of ether oxygens (including phenoxy) is 2. The van der Waals surface area contributed by atoms with E-state index < -0.39 is 11.9 Å². The van der Waals surface area contributed by atoms with E-state index in [1.54, 1.807) is 50.9 Å². The van der Waals surface area contributed by atoms with Crippen molar-refractivity contribution in [1.29, 1.82) is 0 Å². The van der Waals surface area contributed by atoms with Crippen LogP contribution in [0.1, 0.15) is 187 Å². The van der Waals surface area contributed by atoms with Gasteiger partial charge in [-0.3, -0.25) is 9.59 Å². The minimum Gasteiger partial charge on any atom is -0.544 e. The van der Waals surface area contributed by atoms with Gasteiger partial charge in [0.05, 0.1) is 45.2 Å². The number of nitrogens with zero attached hydrogens (tertiary/aromatic N) is 8. The van der Waals surface area contributed by atoms with Crippen LogP contribution in [-0.2, 0) is 14.3 Å². The molecule has 2 amide bonds. The predicted molar refractivity (Wildman–Crippen MR) is 320 cm³/mol. The summed E-state index contributed by atoms with van der Waals surface area (Å²) in [7, 11) is 1.37. The normalized spacial score (nSPS) is 22.5. The number of rotatable bonds is 10. The Hall–Kier alpha value is -5.31. The first-order valence-corrected chi connectivity index (χ1v) is 30.9. The third kappa shape index (κ3) is 17.9. The Bertz CT molecular complexity index is 3310. The number of aliphatic hydroxyl groups excluding tert-OH is 1. The summed E-state index contributed by atoms with van der Waals surface area (Å²) in [6.07, 6.45) is 19.8. The van der Waals surface area contributed by atoms with Crippen LogP contribution >= 0.6 is 34.3 Å². The van der Waals surface area contributed by atoms with Crippen LogP contribution in [0.15, 0.2) is 61.2 Å². The van der Waals surface area contributed by atoms with Gasteiger partial charge < -0.3 is 34.3 Å². The Morgan fingerprint density at radius 2 is 1.10 bits per heavy atom. The molecule has 10 rings (SSSR count). The van der Waals surface area contributed by atoms with Crippen LogP contribution in [0.3, 0.4) is 0 Å². The molecular formula is C63H78ClN8NaO8S2. The van der Waals surface area contributed by atoms with Crippen LogP contribution in [0, 0.1) is 58.2 Å². The number of anilines is 2. The maximum atomic E-state index is 14.1. The van der Waals surface area contributed by atoms with Crippen LogP contribution in [0.5, 0.6) is 5.88 Å². The number of carboxylic acid groups (broad SMARTS) is 1. The zero-order chi connectivity index (χ0) is 58.9. The molecule has 16 nitrogen and oxygen atoms in total. The first-order valence-electron chi connectivity index (χ1n) is 28.9. The van der Waals surface area contributed by atoms with Crippen LogP contribution in [0.25, 0.3) is 11.3 Å². The van der Waals surface area contributed by atoms with Crippen molar-refractivity contribution in [2.24, 2.45) is 34.5 Å². The van der Waals surface area contributed by atoms with Crippen LogP contribution in [-0.4, -0.2) is 89.5 Å². The molecule has 0 unspecified atom stereocenters. The average Bonchev–Trinajstić information content (AvgIpc) is 3.44. The SMILES string of the molecule is CC1CCC(C(=O)N(c2cc(C#CC(C)(C)C)sc2C(=O)[O-])C2CCC(Oc3ccc4nccn4n3)CC2)CC1.COC(=O)c1sc(C#CC(C)(C)C)cc1N(C(=O)C1CCC(C)CC1)C1CCC(O)CC1.Clc1ccc2nccn2n1.[Na+]. The molecule has 4 aliphatic carbocycles. The Kier molecular flexibility index (Phi) is 22.9. The van der Waals surface area contributed by atoms with E-state index in [1.807, 2.05) is 70.7 Å². The Morgan fingerprint density at radius 3 is 1.57 bits per heavy atom. The molecule has 4 saturated carbocycles. The minimum atomic E-state index is -1.27. The van der Waals surface area contributed by atoms with Gasteiger partial charge in [0.2, 0.25) is 17.7 Å². The molecule has 0 spiro atoms. The maximum absolute atomic E-state index is 14.1. The average molecular weight is 1200 g/mol. The fourth-order valence-electron chi connectivity index (χ4n) is 11.1.